The molecule has 9 heteroatoms. The molecule has 3 amide bonds. The fraction of sp³-hybridized carbons (Fsp3) is 0.444. The smallest absolute Gasteiger partial charge is 0.266 e. The first-order valence-corrected chi connectivity index (χ1v) is 8.76. The number of imidazole rings is 1. The van der Waals surface area contributed by atoms with Gasteiger partial charge in [-0.1, -0.05) is 6.07 Å². The van der Waals surface area contributed by atoms with Gasteiger partial charge in [-0.3, -0.25) is 19.6 Å². The van der Waals surface area contributed by atoms with Crippen LogP contribution in [0.15, 0.2) is 18.2 Å². The van der Waals surface area contributed by atoms with Gasteiger partial charge in [0.2, 0.25) is 11.8 Å². The zero-order chi connectivity index (χ0) is 19.8. The zero-order valence-electron chi connectivity index (χ0n) is 15.3. The van der Waals surface area contributed by atoms with E-state index < -0.39 is 23.3 Å². The van der Waals surface area contributed by atoms with E-state index in [1.807, 2.05) is 25.1 Å². The third kappa shape index (κ3) is 3.37. The molecule has 144 valence electrons. The molecule has 1 unspecified atom stereocenters. The Balaban J connectivity index is 1.90. The number of primary amides is 1. The Hall–Kier alpha value is -2.94. The van der Waals surface area contributed by atoms with E-state index >= 15 is 0 Å². The first kappa shape index (κ1) is 18.8. The molecular formula is C18H23N5O4. The molecule has 2 atom stereocenters. The maximum Gasteiger partial charge on any atom is 0.266 e. The van der Waals surface area contributed by atoms with Crippen molar-refractivity contribution in [3.8, 4) is 0 Å². The number of carbonyl (C=O) groups excluding carboxylic acids is 3. The second kappa shape index (κ2) is 6.99. The number of hydrogen-bond acceptors (Lipinski definition) is 5. The number of nitrogens with one attached hydrogen (secondary N) is 2. The van der Waals surface area contributed by atoms with Gasteiger partial charge in [0.25, 0.3) is 5.91 Å². The first-order chi connectivity index (χ1) is 12.8. The number of hydroxylamine groups is 1. The van der Waals surface area contributed by atoms with Gasteiger partial charge in [-0.05, 0) is 44.4 Å². The summed E-state index contributed by atoms with van der Waals surface area (Å²) in [5.41, 5.74) is 8.50. The van der Waals surface area contributed by atoms with Crippen LogP contribution in [0.4, 0.5) is 0 Å². The highest BCUT2D eigenvalue weighted by atomic mass is 16.5. The number of benzene rings is 1. The summed E-state index contributed by atoms with van der Waals surface area (Å²) in [6.45, 7) is 4.06. The number of nitrogens with zero attached hydrogens (tertiary/aromatic N) is 2. The van der Waals surface area contributed by atoms with Crippen LogP contribution in [0.3, 0.4) is 0 Å². The van der Waals surface area contributed by atoms with Gasteiger partial charge in [0.1, 0.15) is 17.3 Å². The van der Waals surface area contributed by atoms with E-state index in [2.05, 4.69) is 9.97 Å². The Labute approximate surface area is 155 Å². The SMILES string of the molecule is Cc1ccc2nc(C3(C)CCN([C@H](CCC(N)=O)C(=O)NO)C3=O)[nH]c2c1. The number of aromatic nitrogens is 2. The van der Waals surface area contributed by atoms with Gasteiger partial charge in [0.15, 0.2) is 0 Å². The highest BCUT2D eigenvalue weighted by Gasteiger charge is 2.49. The lowest BCUT2D eigenvalue weighted by molar-refractivity contribution is -0.144. The van der Waals surface area contributed by atoms with E-state index in [1.165, 1.54) is 4.90 Å². The Kier molecular flexibility index (Phi) is 4.88. The van der Waals surface area contributed by atoms with Gasteiger partial charge < -0.3 is 15.6 Å². The van der Waals surface area contributed by atoms with Crippen LogP contribution in [0, 0.1) is 6.92 Å². The average Bonchev–Trinajstić information content (AvgIpc) is 3.18. The minimum absolute atomic E-state index is 0.0445. The minimum atomic E-state index is -0.969. The molecule has 0 saturated carbocycles. The second-order valence-electron chi connectivity index (χ2n) is 7.18. The average molecular weight is 373 g/mol. The van der Waals surface area contributed by atoms with Crippen LogP contribution in [0.25, 0.3) is 11.0 Å². The lowest BCUT2D eigenvalue weighted by Gasteiger charge is -2.28. The van der Waals surface area contributed by atoms with Crippen molar-refractivity contribution >= 4 is 28.8 Å². The van der Waals surface area contributed by atoms with Crippen molar-refractivity contribution in [2.45, 2.75) is 44.6 Å². The van der Waals surface area contributed by atoms with Crippen LogP contribution in [0.1, 0.15) is 37.6 Å². The van der Waals surface area contributed by atoms with E-state index in [1.54, 1.807) is 12.4 Å². The predicted octanol–water partition coefficient (Wildman–Crippen LogP) is 0.501. The predicted molar refractivity (Wildman–Crippen MR) is 96.7 cm³/mol. The Morgan fingerprint density at radius 3 is 2.89 bits per heavy atom. The molecular weight excluding hydrogens is 350 g/mol. The molecule has 1 aromatic carbocycles. The number of aryl methyl sites for hydroxylation is 1. The molecule has 3 rings (SSSR count). The molecule has 1 aliphatic rings. The fourth-order valence-electron chi connectivity index (χ4n) is 3.55. The molecule has 1 aliphatic heterocycles. The van der Waals surface area contributed by atoms with Crippen LogP contribution in [0.2, 0.25) is 0 Å². The topological polar surface area (TPSA) is 141 Å². The summed E-state index contributed by atoms with van der Waals surface area (Å²) in [7, 11) is 0. The molecule has 0 bridgehead atoms. The molecule has 1 aromatic heterocycles. The van der Waals surface area contributed by atoms with Crippen molar-refractivity contribution in [1.82, 2.24) is 20.3 Å². The van der Waals surface area contributed by atoms with Crippen molar-refractivity contribution in [2.75, 3.05) is 6.54 Å². The largest absolute Gasteiger partial charge is 0.370 e. The number of aromatic amines is 1. The third-order valence-electron chi connectivity index (χ3n) is 5.20. The number of nitrogens with two attached hydrogens (primary N) is 1. The summed E-state index contributed by atoms with van der Waals surface area (Å²) < 4.78 is 0. The van der Waals surface area contributed by atoms with Crippen molar-refractivity contribution in [2.24, 2.45) is 5.73 Å². The molecule has 0 radical (unpaired) electrons. The Morgan fingerprint density at radius 1 is 1.48 bits per heavy atom. The molecule has 9 nitrogen and oxygen atoms in total. The van der Waals surface area contributed by atoms with Crippen molar-refractivity contribution in [3.05, 3.63) is 29.6 Å². The maximum absolute atomic E-state index is 13.2. The lowest BCUT2D eigenvalue weighted by atomic mass is 9.88. The molecule has 5 N–H and O–H groups in total. The summed E-state index contributed by atoms with van der Waals surface area (Å²) >= 11 is 0. The van der Waals surface area contributed by atoms with E-state index in [0.29, 0.717) is 18.8 Å². The summed E-state index contributed by atoms with van der Waals surface area (Å²) in [5, 5.41) is 9.01. The number of hydrogen-bond donors (Lipinski definition) is 4. The van der Waals surface area contributed by atoms with Crippen LogP contribution in [-0.2, 0) is 19.8 Å². The van der Waals surface area contributed by atoms with Crippen LogP contribution < -0.4 is 11.2 Å². The van der Waals surface area contributed by atoms with E-state index in [0.717, 1.165) is 16.6 Å². The number of amides is 3. The molecule has 0 spiro atoms. The zero-order valence-corrected chi connectivity index (χ0v) is 15.3. The quantitative estimate of drug-likeness (QED) is 0.431. The van der Waals surface area contributed by atoms with Crippen LogP contribution in [-0.4, -0.2) is 50.4 Å². The molecule has 0 aliphatic carbocycles. The molecule has 2 heterocycles. The number of H-pyrrole nitrogens is 1. The highest BCUT2D eigenvalue weighted by molar-refractivity contribution is 5.94. The van der Waals surface area contributed by atoms with Gasteiger partial charge in [-0.25, -0.2) is 10.5 Å². The van der Waals surface area contributed by atoms with Gasteiger partial charge >= 0.3 is 0 Å². The molecule has 27 heavy (non-hydrogen) atoms. The van der Waals surface area contributed by atoms with E-state index in [4.69, 9.17) is 10.9 Å². The fourth-order valence-corrected chi connectivity index (χ4v) is 3.55. The monoisotopic (exact) mass is 373 g/mol. The number of fused-ring (bicyclic) bond motifs is 1. The van der Waals surface area contributed by atoms with Gasteiger partial charge in [0, 0.05) is 13.0 Å². The van der Waals surface area contributed by atoms with Gasteiger partial charge in [-0.15, -0.1) is 0 Å². The summed E-state index contributed by atoms with van der Waals surface area (Å²) in [6.07, 6.45) is 0.432. The van der Waals surface area contributed by atoms with E-state index in [9.17, 15) is 14.4 Å². The minimum Gasteiger partial charge on any atom is -0.370 e. The molecule has 1 fully saturated rings. The van der Waals surface area contributed by atoms with Crippen molar-refractivity contribution < 1.29 is 19.6 Å². The number of carbonyl (C=O) groups is 3. The molecule has 2 aromatic rings. The number of likely N-dealkylation sites (tertiary alicyclic amines) is 1. The van der Waals surface area contributed by atoms with Crippen LogP contribution >= 0.6 is 0 Å². The van der Waals surface area contributed by atoms with Gasteiger partial charge in [-0.2, -0.15) is 0 Å². The Morgan fingerprint density at radius 2 is 2.22 bits per heavy atom. The highest BCUT2D eigenvalue weighted by Crippen LogP contribution is 2.36. The third-order valence-corrected chi connectivity index (χ3v) is 5.20. The van der Waals surface area contributed by atoms with Crippen LogP contribution in [0.5, 0.6) is 0 Å². The second-order valence-corrected chi connectivity index (χ2v) is 7.18. The lowest BCUT2D eigenvalue weighted by Crippen LogP contribution is -2.49. The van der Waals surface area contributed by atoms with E-state index in [-0.39, 0.29) is 18.7 Å². The summed E-state index contributed by atoms with van der Waals surface area (Å²) in [6, 6.07) is 4.83. The standard InChI is InChI=1S/C18H23N5O4/c1-10-3-4-11-12(9-10)21-16(20-11)18(2)7-8-23(17(18)26)13(15(25)22-27)5-6-14(19)24/h3-4,9,13,27H,5-8H2,1-2H3,(H2,19,24)(H,20,21)(H,22,25)/t13-,18?/m1/s1. The number of rotatable bonds is 6. The van der Waals surface area contributed by atoms with Crippen molar-refractivity contribution in [1.29, 1.82) is 0 Å². The molecule has 1 saturated heterocycles. The maximum atomic E-state index is 13.2. The summed E-state index contributed by atoms with van der Waals surface area (Å²) in [4.78, 5) is 45.5. The normalized spacial score (nSPS) is 20.9. The van der Waals surface area contributed by atoms with Gasteiger partial charge in [0.05, 0.1) is 11.0 Å². The summed E-state index contributed by atoms with van der Waals surface area (Å²) in [5.74, 6) is -1.06. The Bertz CT molecular complexity index is 908. The first-order valence-electron chi connectivity index (χ1n) is 8.76. The van der Waals surface area contributed by atoms with Crippen molar-refractivity contribution in [3.63, 3.8) is 0 Å².